The molecule has 0 atom stereocenters. The van der Waals surface area contributed by atoms with E-state index in [1.54, 1.807) is 6.20 Å². The van der Waals surface area contributed by atoms with Crippen molar-refractivity contribution in [2.75, 3.05) is 12.9 Å². The number of carbonyl (C=O) groups is 1. The van der Waals surface area contributed by atoms with Crippen LogP contribution in [0.3, 0.4) is 0 Å². The van der Waals surface area contributed by atoms with Gasteiger partial charge in [-0.1, -0.05) is 35.5 Å². The number of methoxy groups -OCH3 is 1. The van der Waals surface area contributed by atoms with E-state index in [1.165, 1.54) is 24.4 Å². The SMILES string of the molecule is COC(=O)CCSc1nnc(-c2ccccn2)n1-c1ccc(C)cc1C. The third-order valence-corrected chi connectivity index (χ3v) is 4.82. The van der Waals surface area contributed by atoms with Crippen LogP contribution >= 0.6 is 11.8 Å². The van der Waals surface area contributed by atoms with Crippen LogP contribution in [0.25, 0.3) is 17.2 Å². The molecule has 0 aliphatic carbocycles. The van der Waals surface area contributed by atoms with Crippen molar-refractivity contribution >= 4 is 17.7 Å². The Morgan fingerprint density at radius 2 is 2.04 bits per heavy atom. The highest BCUT2D eigenvalue weighted by atomic mass is 32.2. The molecule has 7 heteroatoms. The van der Waals surface area contributed by atoms with Crippen molar-refractivity contribution in [1.29, 1.82) is 0 Å². The van der Waals surface area contributed by atoms with Crippen LogP contribution in [0.5, 0.6) is 0 Å². The predicted molar refractivity (Wildman–Crippen MR) is 101 cm³/mol. The molecule has 2 heterocycles. The Balaban J connectivity index is 2.02. The largest absolute Gasteiger partial charge is 0.469 e. The molecule has 0 amide bonds. The van der Waals surface area contributed by atoms with Gasteiger partial charge >= 0.3 is 5.97 Å². The van der Waals surface area contributed by atoms with Crippen molar-refractivity contribution in [2.45, 2.75) is 25.4 Å². The molecule has 0 N–H and O–H groups in total. The highest BCUT2D eigenvalue weighted by molar-refractivity contribution is 7.99. The molecule has 0 aliphatic rings. The molecule has 6 nitrogen and oxygen atoms in total. The normalized spacial score (nSPS) is 10.7. The number of nitrogens with zero attached hydrogens (tertiary/aromatic N) is 4. The van der Waals surface area contributed by atoms with Crippen molar-refractivity contribution in [3.05, 3.63) is 53.7 Å². The summed E-state index contributed by atoms with van der Waals surface area (Å²) < 4.78 is 6.70. The Hall–Kier alpha value is -2.67. The van der Waals surface area contributed by atoms with Crippen LogP contribution in [-0.2, 0) is 9.53 Å². The number of thioether (sulfide) groups is 1. The maximum absolute atomic E-state index is 11.4. The quantitative estimate of drug-likeness (QED) is 0.489. The number of ether oxygens (including phenoxy) is 1. The number of pyridine rings is 1. The van der Waals surface area contributed by atoms with Crippen molar-refractivity contribution in [3.8, 4) is 17.2 Å². The molecule has 2 aromatic heterocycles. The lowest BCUT2D eigenvalue weighted by molar-refractivity contribution is -0.140. The minimum absolute atomic E-state index is 0.236. The fourth-order valence-electron chi connectivity index (χ4n) is 2.63. The summed E-state index contributed by atoms with van der Waals surface area (Å²) >= 11 is 1.47. The zero-order chi connectivity index (χ0) is 18.5. The Bertz CT molecular complexity index is 909. The Morgan fingerprint density at radius 1 is 1.19 bits per heavy atom. The number of esters is 1. The van der Waals surface area contributed by atoms with Gasteiger partial charge in [-0.25, -0.2) is 0 Å². The molecule has 3 aromatic rings. The van der Waals surface area contributed by atoms with Gasteiger partial charge in [-0.15, -0.1) is 10.2 Å². The van der Waals surface area contributed by atoms with E-state index in [0.717, 1.165) is 22.1 Å². The number of benzene rings is 1. The average Bonchev–Trinajstić information content (AvgIpc) is 3.06. The van der Waals surface area contributed by atoms with Gasteiger partial charge in [0, 0.05) is 11.9 Å². The summed E-state index contributed by atoms with van der Waals surface area (Å²) in [5.74, 6) is 1.01. The van der Waals surface area contributed by atoms with Crippen molar-refractivity contribution in [2.24, 2.45) is 0 Å². The van der Waals surface area contributed by atoms with Gasteiger partial charge in [-0.05, 0) is 37.6 Å². The number of hydrogen-bond donors (Lipinski definition) is 0. The molecule has 0 aliphatic heterocycles. The molecule has 1 aromatic carbocycles. The molecule has 134 valence electrons. The average molecular weight is 368 g/mol. The van der Waals surface area contributed by atoms with E-state index < -0.39 is 0 Å². The number of aryl methyl sites for hydroxylation is 2. The minimum atomic E-state index is -0.236. The first-order chi connectivity index (χ1) is 12.6. The zero-order valence-electron chi connectivity index (χ0n) is 15.0. The minimum Gasteiger partial charge on any atom is -0.469 e. The lowest BCUT2D eigenvalue weighted by atomic mass is 10.1. The smallest absolute Gasteiger partial charge is 0.306 e. The van der Waals surface area contributed by atoms with Crippen LogP contribution in [0.15, 0.2) is 47.8 Å². The Kier molecular flexibility index (Phi) is 5.68. The van der Waals surface area contributed by atoms with E-state index in [9.17, 15) is 4.79 Å². The molecular formula is C19H20N4O2S. The van der Waals surface area contributed by atoms with Gasteiger partial charge in [-0.2, -0.15) is 0 Å². The van der Waals surface area contributed by atoms with Crippen LogP contribution in [0.1, 0.15) is 17.5 Å². The summed E-state index contributed by atoms with van der Waals surface area (Å²) in [5, 5.41) is 9.42. The van der Waals surface area contributed by atoms with Crippen LogP contribution in [-0.4, -0.2) is 38.6 Å². The summed E-state index contributed by atoms with van der Waals surface area (Å²) in [6.07, 6.45) is 2.06. The molecule has 0 saturated carbocycles. The number of carbonyl (C=O) groups excluding carboxylic acids is 1. The summed E-state index contributed by atoms with van der Waals surface area (Å²) in [6.45, 7) is 4.13. The molecule has 0 radical (unpaired) electrons. The highest BCUT2D eigenvalue weighted by Gasteiger charge is 2.18. The molecule has 0 unspecified atom stereocenters. The van der Waals surface area contributed by atoms with Crippen LogP contribution in [0, 0.1) is 13.8 Å². The van der Waals surface area contributed by atoms with E-state index in [2.05, 4.69) is 47.2 Å². The summed E-state index contributed by atoms with van der Waals surface area (Å²) in [7, 11) is 1.39. The molecule has 3 rings (SSSR count). The third-order valence-electron chi connectivity index (χ3n) is 3.89. The lowest BCUT2D eigenvalue weighted by Crippen LogP contribution is -2.05. The van der Waals surface area contributed by atoms with Gasteiger partial charge < -0.3 is 4.74 Å². The number of aromatic nitrogens is 4. The third kappa shape index (κ3) is 3.94. The van der Waals surface area contributed by atoms with E-state index in [0.29, 0.717) is 18.0 Å². The maximum Gasteiger partial charge on any atom is 0.306 e. The topological polar surface area (TPSA) is 69.9 Å². The Morgan fingerprint density at radius 3 is 2.73 bits per heavy atom. The second-order valence-electron chi connectivity index (χ2n) is 5.82. The highest BCUT2D eigenvalue weighted by Crippen LogP contribution is 2.29. The van der Waals surface area contributed by atoms with Gasteiger partial charge in [0.15, 0.2) is 11.0 Å². The monoisotopic (exact) mass is 368 g/mol. The summed E-state index contributed by atoms with van der Waals surface area (Å²) in [6, 6.07) is 12.0. The van der Waals surface area contributed by atoms with Crippen LogP contribution in [0.4, 0.5) is 0 Å². The van der Waals surface area contributed by atoms with Gasteiger partial charge in [0.2, 0.25) is 0 Å². The van der Waals surface area contributed by atoms with E-state index >= 15 is 0 Å². The van der Waals surface area contributed by atoms with E-state index in [-0.39, 0.29) is 5.97 Å². The maximum atomic E-state index is 11.4. The van der Waals surface area contributed by atoms with Gasteiger partial charge in [0.05, 0.1) is 19.2 Å². The van der Waals surface area contributed by atoms with E-state index in [4.69, 9.17) is 4.74 Å². The van der Waals surface area contributed by atoms with Gasteiger partial charge in [-0.3, -0.25) is 14.3 Å². The predicted octanol–water partition coefficient (Wildman–Crippen LogP) is 3.60. The van der Waals surface area contributed by atoms with Gasteiger partial charge in [0.25, 0.3) is 0 Å². The summed E-state index contributed by atoms with van der Waals surface area (Å²) in [5.41, 5.74) is 4.07. The molecule has 0 saturated heterocycles. The molecule has 0 spiro atoms. The number of hydrogen-bond acceptors (Lipinski definition) is 6. The first-order valence-corrected chi connectivity index (χ1v) is 9.22. The van der Waals surface area contributed by atoms with Crippen LogP contribution in [0.2, 0.25) is 0 Å². The van der Waals surface area contributed by atoms with Crippen molar-refractivity contribution in [3.63, 3.8) is 0 Å². The summed E-state index contributed by atoms with van der Waals surface area (Å²) in [4.78, 5) is 15.8. The zero-order valence-corrected chi connectivity index (χ0v) is 15.8. The van der Waals surface area contributed by atoms with E-state index in [1.807, 2.05) is 22.8 Å². The van der Waals surface area contributed by atoms with Crippen molar-refractivity contribution in [1.82, 2.24) is 19.7 Å². The second-order valence-corrected chi connectivity index (χ2v) is 6.88. The Labute approximate surface area is 156 Å². The molecular weight excluding hydrogens is 348 g/mol. The first kappa shape index (κ1) is 18.1. The van der Waals surface area contributed by atoms with Crippen molar-refractivity contribution < 1.29 is 9.53 Å². The lowest BCUT2D eigenvalue weighted by Gasteiger charge is -2.13. The number of rotatable bonds is 6. The molecule has 0 bridgehead atoms. The fraction of sp³-hybridized carbons (Fsp3) is 0.263. The van der Waals surface area contributed by atoms with Gasteiger partial charge in [0.1, 0.15) is 5.69 Å². The standard InChI is InChI=1S/C19H20N4O2S/c1-13-7-8-16(14(2)12-13)23-18(15-6-4-5-10-20-15)21-22-19(23)26-11-9-17(24)25-3/h4-8,10,12H,9,11H2,1-3H3. The first-order valence-electron chi connectivity index (χ1n) is 8.24. The molecule has 0 fully saturated rings. The molecule has 26 heavy (non-hydrogen) atoms. The second kappa shape index (κ2) is 8.14. The van der Waals surface area contributed by atoms with Crippen LogP contribution < -0.4 is 0 Å². The fourth-order valence-corrected chi connectivity index (χ4v) is 3.49.